The molecule has 2 aromatic rings. The average Bonchev–Trinajstić information content (AvgIpc) is 2.60. The molecule has 0 unspecified atom stereocenters. The number of aromatic nitrogens is 2. The van der Waals surface area contributed by atoms with Crippen LogP contribution in [-0.4, -0.2) is 9.78 Å². The number of hydrogen-bond acceptors (Lipinski definition) is 3. The summed E-state index contributed by atoms with van der Waals surface area (Å²) in [6, 6.07) is 9.54. The molecule has 0 aliphatic heterocycles. The van der Waals surface area contributed by atoms with Crippen molar-refractivity contribution in [3.05, 3.63) is 41.1 Å². The van der Waals surface area contributed by atoms with Gasteiger partial charge in [0.15, 0.2) is 5.69 Å². The summed E-state index contributed by atoms with van der Waals surface area (Å²) in [6.45, 7) is 3.99. The third-order valence-electron chi connectivity index (χ3n) is 2.50. The van der Waals surface area contributed by atoms with Crippen molar-refractivity contribution in [2.45, 2.75) is 13.8 Å². The number of anilines is 1. The summed E-state index contributed by atoms with van der Waals surface area (Å²) >= 11 is 0. The predicted octanol–water partition coefficient (Wildman–Crippen LogP) is 1.94. The molecule has 1 heterocycles. The third kappa shape index (κ3) is 1.52. The Balaban J connectivity index is 2.68. The highest BCUT2D eigenvalue weighted by Gasteiger charge is 2.10. The molecule has 0 radical (unpaired) electrons. The molecule has 2 rings (SSSR count). The van der Waals surface area contributed by atoms with E-state index in [1.807, 2.05) is 38.1 Å². The smallest absolute Gasteiger partial charge is 0.165 e. The highest BCUT2D eigenvalue weighted by molar-refractivity contribution is 5.52. The number of para-hydroxylation sites is 1. The molecule has 0 saturated carbocycles. The van der Waals surface area contributed by atoms with Crippen LogP contribution in [0.4, 0.5) is 5.82 Å². The first-order valence-corrected chi connectivity index (χ1v) is 4.95. The van der Waals surface area contributed by atoms with E-state index in [1.165, 1.54) is 0 Å². The summed E-state index contributed by atoms with van der Waals surface area (Å²) in [4.78, 5) is 0. The fourth-order valence-electron chi connectivity index (χ4n) is 1.77. The molecule has 4 heteroatoms. The third-order valence-corrected chi connectivity index (χ3v) is 2.50. The van der Waals surface area contributed by atoms with E-state index >= 15 is 0 Å². The molecule has 0 amide bonds. The van der Waals surface area contributed by atoms with Crippen molar-refractivity contribution in [1.82, 2.24) is 9.78 Å². The molecule has 2 N–H and O–H groups in total. The van der Waals surface area contributed by atoms with E-state index in [0.717, 1.165) is 16.8 Å². The Bertz CT molecular complexity index is 555. The van der Waals surface area contributed by atoms with Crippen molar-refractivity contribution in [2.24, 2.45) is 0 Å². The first-order valence-electron chi connectivity index (χ1n) is 4.95. The normalized spacial score (nSPS) is 10.1. The van der Waals surface area contributed by atoms with Gasteiger partial charge in [0.05, 0.1) is 5.69 Å². The standard InChI is InChI=1S/C12H12N4/c1-8-4-3-5-9(2)12(8)16-11(14)6-10(7-13)15-16/h3-6H,14H2,1-2H3. The Morgan fingerprint density at radius 3 is 2.44 bits per heavy atom. The number of nitrogens with two attached hydrogens (primary N) is 1. The minimum absolute atomic E-state index is 0.333. The number of nitriles is 1. The molecule has 1 aromatic heterocycles. The molecule has 0 saturated heterocycles. The molecular weight excluding hydrogens is 200 g/mol. The van der Waals surface area contributed by atoms with Crippen molar-refractivity contribution >= 4 is 5.82 Å². The zero-order valence-corrected chi connectivity index (χ0v) is 9.23. The van der Waals surface area contributed by atoms with Gasteiger partial charge in [0.25, 0.3) is 0 Å². The van der Waals surface area contributed by atoms with Gasteiger partial charge in [-0.2, -0.15) is 10.4 Å². The summed E-state index contributed by atoms with van der Waals surface area (Å²) < 4.78 is 1.61. The van der Waals surface area contributed by atoms with Gasteiger partial charge in [-0.3, -0.25) is 0 Å². The Morgan fingerprint density at radius 1 is 1.31 bits per heavy atom. The van der Waals surface area contributed by atoms with Crippen LogP contribution >= 0.6 is 0 Å². The van der Waals surface area contributed by atoms with Gasteiger partial charge < -0.3 is 5.73 Å². The molecule has 0 fully saturated rings. The zero-order valence-electron chi connectivity index (χ0n) is 9.23. The lowest BCUT2D eigenvalue weighted by Crippen LogP contribution is -2.05. The van der Waals surface area contributed by atoms with Gasteiger partial charge in [-0.25, -0.2) is 4.68 Å². The van der Waals surface area contributed by atoms with Crippen LogP contribution in [-0.2, 0) is 0 Å². The molecule has 0 atom stereocenters. The number of nitrogen functional groups attached to an aromatic ring is 1. The summed E-state index contributed by atoms with van der Waals surface area (Å²) in [6.07, 6.45) is 0. The zero-order chi connectivity index (χ0) is 11.7. The SMILES string of the molecule is Cc1cccc(C)c1-n1nc(C#N)cc1N. The van der Waals surface area contributed by atoms with Crippen LogP contribution in [0.15, 0.2) is 24.3 Å². The van der Waals surface area contributed by atoms with Crippen LogP contribution in [0, 0.1) is 25.2 Å². The first-order chi connectivity index (χ1) is 7.63. The van der Waals surface area contributed by atoms with E-state index in [1.54, 1.807) is 10.7 Å². The van der Waals surface area contributed by atoms with Gasteiger partial charge in [0.2, 0.25) is 0 Å². The summed E-state index contributed by atoms with van der Waals surface area (Å²) in [5, 5.41) is 12.9. The van der Waals surface area contributed by atoms with Crippen LogP contribution in [0.2, 0.25) is 0 Å². The van der Waals surface area contributed by atoms with Gasteiger partial charge in [-0.15, -0.1) is 0 Å². The van der Waals surface area contributed by atoms with Crippen LogP contribution in [0.5, 0.6) is 0 Å². The number of aryl methyl sites for hydroxylation is 2. The molecular formula is C12H12N4. The van der Waals surface area contributed by atoms with Crippen molar-refractivity contribution in [1.29, 1.82) is 5.26 Å². The predicted molar refractivity (Wildman–Crippen MR) is 62.2 cm³/mol. The molecule has 0 bridgehead atoms. The lowest BCUT2D eigenvalue weighted by Gasteiger charge is -2.10. The van der Waals surface area contributed by atoms with Gasteiger partial charge in [0, 0.05) is 6.07 Å². The largest absolute Gasteiger partial charge is 0.384 e. The molecule has 4 nitrogen and oxygen atoms in total. The topological polar surface area (TPSA) is 67.6 Å². The lowest BCUT2D eigenvalue weighted by molar-refractivity contribution is 0.868. The van der Waals surface area contributed by atoms with E-state index in [-0.39, 0.29) is 0 Å². The number of benzene rings is 1. The van der Waals surface area contributed by atoms with Gasteiger partial charge in [0.1, 0.15) is 11.9 Å². The van der Waals surface area contributed by atoms with E-state index in [0.29, 0.717) is 11.5 Å². The maximum absolute atomic E-state index is 8.78. The van der Waals surface area contributed by atoms with Gasteiger partial charge >= 0.3 is 0 Å². The minimum atomic E-state index is 0.333. The summed E-state index contributed by atoms with van der Waals surface area (Å²) in [7, 11) is 0. The second-order valence-corrected chi connectivity index (χ2v) is 3.72. The van der Waals surface area contributed by atoms with Gasteiger partial charge in [-0.1, -0.05) is 18.2 Å². The number of nitrogens with zero attached hydrogens (tertiary/aromatic N) is 3. The van der Waals surface area contributed by atoms with Crippen LogP contribution in [0.25, 0.3) is 5.69 Å². The van der Waals surface area contributed by atoms with Gasteiger partial charge in [-0.05, 0) is 25.0 Å². The molecule has 0 spiro atoms. The Morgan fingerprint density at radius 2 is 1.94 bits per heavy atom. The first kappa shape index (κ1) is 10.2. The van der Waals surface area contributed by atoms with Crippen molar-refractivity contribution in [3.63, 3.8) is 0 Å². The van der Waals surface area contributed by atoms with E-state index in [4.69, 9.17) is 11.0 Å². The Kier molecular flexibility index (Phi) is 2.37. The van der Waals surface area contributed by atoms with E-state index < -0.39 is 0 Å². The number of rotatable bonds is 1. The minimum Gasteiger partial charge on any atom is -0.384 e. The second kappa shape index (κ2) is 3.70. The van der Waals surface area contributed by atoms with Crippen molar-refractivity contribution < 1.29 is 0 Å². The molecule has 0 aliphatic rings. The van der Waals surface area contributed by atoms with E-state index in [9.17, 15) is 0 Å². The van der Waals surface area contributed by atoms with Crippen molar-refractivity contribution in [2.75, 3.05) is 5.73 Å². The van der Waals surface area contributed by atoms with Crippen LogP contribution in [0.1, 0.15) is 16.8 Å². The van der Waals surface area contributed by atoms with Crippen LogP contribution in [0.3, 0.4) is 0 Å². The molecule has 0 aliphatic carbocycles. The average molecular weight is 212 g/mol. The molecule has 16 heavy (non-hydrogen) atoms. The fraction of sp³-hybridized carbons (Fsp3) is 0.167. The summed E-state index contributed by atoms with van der Waals surface area (Å²) in [5.74, 6) is 0.481. The second-order valence-electron chi connectivity index (χ2n) is 3.72. The highest BCUT2D eigenvalue weighted by Crippen LogP contribution is 2.21. The maximum atomic E-state index is 8.78. The summed E-state index contributed by atoms with van der Waals surface area (Å²) in [5.41, 5.74) is 9.28. The van der Waals surface area contributed by atoms with E-state index in [2.05, 4.69) is 5.10 Å². The molecule has 1 aromatic carbocycles. The number of hydrogen-bond donors (Lipinski definition) is 1. The fourth-order valence-corrected chi connectivity index (χ4v) is 1.77. The molecule has 80 valence electrons. The quantitative estimate of drug-likeness (QED) is 0.785. The monoisotopic (exact) mass is 212 g/mol. The van der Waals surface area contributed by atoms with Crippen molar-refractivity contribution in [3.8, 4) is 11.8 Å². The Labute approximate surface area is 93.9 Å². The van der Waals surface area contributed by atoms with Crippen LogP contribution < -0.4 is 5.73 Å². The Hall–Kier alpha value is -2.28. The maximum Gasteiger partial charge on any atom is 0.165 e. The highest BCUT2D eigenvalue weighted by atomic mass is 15.3. The lowest BCUT2D eigenvalue weighted by atomic mass is 10.1.